The summed E-state index contributed by atoms with van der Waals surface area (Å²) in [7, 11) is 1.59. The largest absolute Gasteiger partial charge is 0.494 e. The molecular formula is C35H40N6O5. The molecular weight excluding hydrogens is 584 g/mol. The fourth-order valence-corrected chi connectivity index (χ4v) is 6.37. The van der Waals surface area contributed by atoms with Crippen LogP contribution < -0.4 is 14.4 Å². The maximum atomic E-state index is 13.1. The Morgan fingerprint density at radius 3 is 2.67 bits per heavy atom. The molecule has 2 N–H and O–H groups in total. The molecule has 0 radical (unpaired) electrons. The Labute approximate surface area is 268 Å². The fourth-order valence-electron chi connectivity index (χ4n) is 6.37. The quantitative estimate of drug-likeness (QED) is 0.284. The minimum absolute atomic E-state index is 0.00201. The number of unbranched alkanes of at least 4 members (excludes halogenated alkanes) is 1. The van der Waals surface area contributed by atoms with Gasteiger partial charge in [0.25, 0.3) is 5.91 Å². The normalized spacial score (nSPS) is 19.8. The number of hydrogen-bond donors (Lipinski definition) is 2. The van der Waals surface area contributed by atoms with Gasteiger partial charge in [0.15, 0.2) is 11.5 Å². The van der Waals surface area contributed by atoms with Crippen molar-refractivity contribution in [2.75, 3.05) is 57.9 Å². The zero-order valence-electron chi connectivity index (χ0n) is 26.2. The molecule has 3 aromatic rings. The van der Waals surface area contributed by atoms with Crippen LogP contribution in [0.25, 0.3) is 16.6 Å². The number of benzene rings is 2. The Hall–Kier alpha value is -4.61. The van der Waals surface area contributed by atoms with E-state index in [1.54, 1.807) is 13.2 Å². The number of piperazine rings is 1. The first kappa shape index (κ1) is 30.1. The van der Waals surface area contributed by atoms with Gasteiger partial charge < -0.3 is 34.2 Å². The van der Waals surface area contributed by atoms with Gasteiger partial charge in [0.2, 0.25) is 0 Å². The zero-order chi connectivity index (χ0) is 31.5. The number of nitrogens with one attached hydrogen (secondary N) is 1. The second-order valence-corrected chi connectivity index (χ2v) is 12.0. The van der Waals surface area contributed by atoms with Crippen molar-refractivity contribution in [3.8, 4) is 11.5 Å². The van der Waals surface area contributed by atoms with E-state index in [0.717, 1.165) is 85.6 Å². The van der Waals surface area contributed by atoms with Crippen LogP contribution in [0.4, 0.5) is 11.4 Å². The molecule has 7 rings (SSSR count). The van der Waals surface area contributed by atoms with Crippen molar-refractivity contribution in [3.05, 3.63) is 71.8 Å². The molecule has 11 nitrogen and oxygen atoms in total. The number of aromatic amines is 1. The minimum Gasteiger partial charge on any atom is -0.494 e. The lowest BCUT2D eigenvalue weighted by Crippen LogP contribution is -2.44. The highest BCUT2D eigenvalue weighted by Crippen LogP contribution is 2.38. The van der Waals surface area contributed by atoms with E-state index in [0.29, 0.717) is 49.1 Å². The van der Waals surface area contributed by atoms with Gasteiger partial charge in [-0.3, -0.25) is 9.79 Å². The summed E-state index contributed by atoms with van der Waals surface area (Å²) < 4.78 is 17.7. The molecule has 1 aliphatic carbocycles. The summed E-state index contributed by atoms with van der Waals surface area (Å²) in [5.74, 6) is 2.80. The third-order valence-electron chi connectivity index (χ3n) is 8.97. The molecule has 1 atom stereocenters. The highest BCUT2D eigenvalue weighted by atomic mass is 16.5. The monoisotopic (exact) mass is 624 g/mol. The number of carbonyl (C=O) groups is 1. The third-order valence-corrected chi connectivity index (χ3v) is 8.97. The van der Waals surface area contributed by atoms with Crippen molar-refractivity contribution in [2.45, 2.75) is 38.1 Å². The number of hydroxylamine groups is 2. The molecule has 46 heavy (non-hydrogen) atoms. The number of H-pyrrole nitrogens is 1. The van der Waals surface area contributed by atoms with Gasteiger partial charge in [-0.25, -0.2) is 4.98 Å². The first-order valence-corrected chi connectivity index (χ1v) is 16.2. The Bertz CT molecular complexity index is 1720. The van der Waals surface area contributed by atoms with Crippen LogP contribution >= 0.6 is 0 Å². The van der Waals surface area contributed by atoms with Gasteiger partial charge >= 0.3 is 0 Å². The van der Waals surface area contributed by atoms with E-state index in [-0.39, 0.29) is 11.9 Å². The van der Waals surface area contributed by atoms with Crippen molar-refractivity contribution in [3.63, 3.8) is 0 Å². The number of nitrogens with zero attached hydrogens (tertiary/aromatic N) is 5. The molecule has 2 saturated heterocycles. The summed E-state index contributed by atoms with van der Waals surface area (Å²) in [6.45, 7) is 4.69. The Morgan fingerprint density at radius 1 is 0.978 bits per heavy atom. The Morgan fingerprint density at radius 2 is 1.83 bits per heavy atom. The van der Waals surface area contributed by atoms with E-state index < -0.39 is 0 Å². The number of ether oxygens (including phenoxy) is 3. The smallest absolute Gasteiger partial charge is 0.256 e. The van der Waals surface area contributed by atoms with Crippen molar-refractivity contribution >= 4 is 40.1 Å². The average molecular weight is 625 g/mol. The van der Waals surface area contributed by atoms with E-state index in [1.165, 1.54) is 5.06 Å². The number of methoxy groups -OCH3 is 1. The maximum absolute atomic E-state index is 13.1. The zero-order valence-corrected chi connectivity index (χ0v) is 26.2. The lowest BCUT2D eigenvalue weighted by molar-refractivity contribution is -0.0935. The van der Waals surface area contributed by atoms with Gasteiger partial charge in [0.1, 0.15) is 11.6 Å². The average Bonchev–Trinajstić information content (AvgIpc) is 3.63. The van der Waals surface area contributed by atoms with Crippen molar-refractivity contribution in [1.29, 1.82) is 0 Å². The van der Waals surface area contributed by atoms with Crippen LogP contribution in [-0.4, -0.2) is 96.3 Å². The van der Waals surface area contributed by atoms with E-state index >= 15 is 0 Å². The number of amides is 1. The fraction of sp³-hybridized carbons (Fsp3) is 0.400. The Balaban J connectivity index is 0.891. The summed E-state index contributed by atoms with van der Waals surface area (Å²) in [5.41, 5.74) is 5.26. The van der Waals surface area contributed by atoms with Gasteiger partial charge in [0, 0.05) is 56.3 Å². The topological polar surface area (TPSA) is 116 Å². The lowest BCUT2D eigenvalue weighted by Gasteiger charge is -2.32. The summed E-state index contributed by atoms with van der Waals surface area (Å²) >= 11 is 0. The van der Waals surface area contributed by atoms with Crippen LogP contribution in [0.1, 0.15) is 48.3 Å². The first-order valence-electron chi connectivity index (χ1n) is 16.2. The molecule has 1 unspecified atom stereocenters. The molecule has 240 valence electrons. The molecule has 1 aromatic heterocycles. The van der Waals surface area contributed by atoms with Gasteiger partial charge in [0.05, 0.1) is 48.6 Å². The van der Waals surface area contributed by atoms with Crippen LogP contribution in [0, 0.1) is 0 Å². The summed E-state index contributed by atoms with van der Waals surface area (Å²) in [5, 5.41) is 11.0. The second-order valence-electron chi connectivity index (χ2n) is 12.0. The number of anilines is 1. The molecule has 0 bridgehead atoms. The second kappa shape index (κ2) is 13.4. The predicted molar refractivity (Wildman–Crippen MR) is 177 cm³/mol. The van der Waals surface area contributed by atoms with Crippen LogP contribution in [0.2, 0.25) is 0 Å². The number of hydrogen-bond acceptors (Lipinski definition) is 9. The minimum atomic E-state index is 0.00201. The Kier molecular flexibility index (Phi) is 8.76. The number of rotatable bonds is 10. The molecule has 2 fully saturated rings. The number of aromatic nitrogens is 2. The standard InChI is InChI=1S/C35H40N6O5/c1-44-32-21-28-30(36-23-26-7-5-13-41(26)35(28)42)22-33(32)46-19-3-2-18-45-27-8-4-6-24(9-11-27)34-37-29-12-10-25(20-31(29)38-34)39-14-16-40(43)17-15-39/h6,8-12,20-23,26,43H,2-5,7,13-19H2,1H3,(H,37,38). The molecule has 11 heteroatoms. The van der Waals surface area contributed by atoms with Gasteiger partial charge in [-0.2, -0.15) is 5.06 Å². The van der Waals surface area contributed by atoms with Crippen LogP contribution in [0.3, 0.4) is 0 Å². The summed E-state index contributed by atoms with van der Waals surface area (Å²) in [6.07, 6.45) is 14.5. The molecule has 4 heterocycles. The number of allylic oxidation sites excluding steroid dienone is 5. The molecule has 0 saturated carbocycles. The highest BCUT2D eigenvalue weighted by Gasteiger charge is 2.32. The van der Waals surface area contributed by atoms with Gasteiger partial charge in [-0.15, -0.1) is 0 Å². The van der Waals surface area contributed by atoms with Crippen LogP contribution in [0.15, 0.2) is 65.4 Å². The molecule has 4 aliphatic rings. The van der Waals surface area contributed by atoms with Gasteiger partial charge in [-0.05, 0) is 74.6 Å². The van der Waals surface area contributed by atoms with Crippen molar-refractivity contribution in [1.82, 2.24) is 19.9 Å². The highest BCUT2D eigenvalue weighted by molar-refractivity contribution is 6.03. The predicted octanol–water partition coefficient (Wildman–Crippen LogP) is 5.51. The maximum Gasteiger partial charge on any atom is 0.256 e. The number of carbonyl (C=O) groups excluding carboxylic acids is 1. The molecule has 0 spiro atoms. The van der Waals surface area contributed by atoms with Crippen molar-refractivity contribution < 1.29 is 24.2 Å². The first-order chi connectivity index (χ1) is 22.6. The summed E-state index contributed by atoms with van der Waals surface area (Å²) in [6, 6.07) is 9.91. The number of imidazole rings is 1. The molecule has 2 aromatic carbocycles. The SMILES string of the molecule is COc1cc2c(cc1OCCCCOC1=CCC=C(c3nc4ccc(N5CCN(O)CC5)cc4[nH]3)C=C1)N=CC1CCCN1C2=O. The van der Waals surface area contributed by atoms with Crippen molar-refractivity contribution in [2.24, 2.45) is 4.99 Å². The lowest BCUT2D eigenvalue weighted by atomic mass is 10.1. The van der Waals surface area contributed by atoms with Crippen LogP contribution in [0.5, 0.6) is 11.5 Å². The summed E-state index contributed by atoms with van der Waals surface area (Å²) in [4.78, 5) is 30.2. The van der Waals surface area contributed by atoms with E-state index in [1.807, 2.05) is 35.4 Å². The third kappa shape index (κ3) is 6.38. The molecule has 3 aliphatic heterocycles. The van der Waals surface area contributed by atoms with E-state index in [9.17, 15) is 10.0 Å². The molecule has 1 amide bonds. The van der Waals surface area contributed by atoms with E-state index in [4.69, 9.17) is 19.2 Å². The number of aliphatic imine (C=N–C) groups is 1. The number of fused-ring (bicyclic) bond motifs is 3. The van der Waals surface area contributed by atoms with E-state index in [2.05, 4.69) is 39.2 Å². The van der Waals surface area contributed by atoms with Gasteiger partial charge in [-0.1, -0.05) is 6.08 Å². The van der Waals surface area contributed by atoms with Crippen LogP contribution in [-0.2, 0) is 4.74 Å².